The largest absolute Gasteiger partial charge is 0.497 e. The third kappa shape index (κ3) is 2.89. The summed E-state index contributed by atoms with van der Waals surface area (Å²) in [6, 6.07) is 11.7. The number of thiazole rings is 1. The molecule has 4 rings (SSSR count). The van der Waals surface area contributed by atoms with Crippen molar-refractivity contribution in [2.45, 2.75) is 0 Å². The fourth-order valence-corrected chi connectivity index (χ4v) is 3.38. The molecule has 2 heterocycles. The number of fused-ring (bicyclic) bond motifs is 1. The highest BCUT2D eigenvalue weighted by molar-refractivity contribution is 7.14. The number of hydrogen-bond donors (Lipinski definition) is 2. The minimum absolute atomic E-state index is 0.730. The first-order valence-corrected chi connectivity index (χ1v) is 8.53. The molecule has 0 aliphatic rings. The molecule has 0 atom stereocenters. The first-order chi connectivity index (χ1) is 12.3. The Balaban J connectivity index is 1.66. The highest BCUT2D eigenvalue weighted by atomic mass is 32.1. The van der Waals surface area contributed by atoms with Crippen LogP contribution in [0.5, 0.6) is 11.5 Å². The van der Waals surface area contributed by atoms with Crippen molar-refractivity contribution in [2.75, 3.05) is 19.5 Å². The van der Waals surface area contributed by atoms with Crippen LogP contribution in [-0.4, -0.2) is 29.4 Å². The van der Waals surface area contributed by atoms with Crippen LogP contribution < -0.4 is 14.8 Å². The molecule has 0 saturated heterocycles. The lowest BCUT2D eigenvalue weighted by molar-refractivity contribution is 0.395. The van der Waals surface area contributed by atoms with Gasteiger partial charge >= 0.3 is 0 Å². The predicted octanol–water partition coefficient (Wildman–Crippen LogP) is 4.45. The van der Waals surface area contributed by atoms with Crippen LogP contribution in [0.2, 0.25) is 0 Å². The molecule has 2 aromatic heterocycles. The summed E-state index contributed by atoms with van der Waals surface area (Å²) in [5.41, 5.74) is 3.73. The van der Waals surface area contributed by atoms with Crippen molar-refractivity contribution in [1.82, 2.24) is 15.2 Å². The molecule has 0 aliphatic carbocycles. The third-order valence-electron chi connectivity index (χ3n) is 3.92. The molecule has 2 aromatic carbocycles. The van der Waals surface area contributed by atoms with Crippen molar-refractivity contribution in [1.29, 1.82) is 0 Å². The van der Waals surface area contributed by atoms with E-state index in [0.717, 1.165) is 44.5 Å². The Morgan fingerprint density at radius 1 is 1.12 bits per heavy atom. The fourth-order valence-electron chi connectivity index (χ4n) is 2.66. The number of rotatable bonds is 5. The van der Waals surface area contributed by atoms with Crippen LogP contribution in [0.4, 0.5) is 10.8 Å². The molecule has 4 aromatic rings. The number of aromatic nitrogens is 3. The van der Waals surface area contributed by atoms with E-state index in [0.29, 0.717) is 0 Å². The topological polar surface area (TPSA) is 72.1 Å². The fraction of sp³-hybridized carbons (Fsp3) is 0.111. The summed E-state index contributed by atoms with van der Waals surface area (Å²) in [5.74, 6) is 1.48. The molecule has 0 spiro atoms. The SMILES string of the molecule is COc1ccc(-c2csc(Nc3cccc4[nH]ncc34)n2)c(OC)c1. The van der Waals surface area contributed by atoms with Crippen molar-refractivity contribution < 1.29 is 9.47 Å². The Morgan fingerprint density at radius 3 is 2.88 bits per heavy atom. The van der Waals surface area contributed by atoms with E-state index < -0.39 is 0 Å². The number of benzene rings is 2. The Morgan fingerprint density at radius 2 is 2.04 bits per heavy atom. The number of ether oxygens (including phenoxy) is 2. The zero-order chi connectivity index (χ0) is 17.2. The van der Waals surface area contributed by atoms with Crippen LogP contribution in [-0.2, 0) is 0 Å². The molecule has 0 radical (unpaired) electrons. The lowest BCUT2D eigenvalue weighted by Gasteiger charge is -2.08. The summed E-state index contributed by atoms with van der Waals surface area (Å²) < 4.78 is 10.7. The number of methoxy groups -OCH3 is 2. The Labute approximate surface area is 148 Å². The number of hydrogen-bond acceptors (Lipinski definition) is 6. The van der Waals surface area contributed by atoms with Gasteiger partial charge in [-0.1, -0.05) is 6.07 Å². The standard InChI is InChI=1S/C18H16N4O2S/c1-23-11-6-7-12(17(8-11)24-2)16-10-25-18(21-16)20-14-4-3-5-15-13(14)9-19-22-15/h3-10H,1-2H3,(H,19,22)(H,20,21). The predicted molar refractivity (Wildman–Crippen MR) is 100 cm³/mol. The van der Waals surface area contributed by atoms with Gasteiger partial charge in [-0.05, 0) is 24.3 Å². The average molecular weight is 352 g/mol. The lowest BCUT2D eigenvalue weighted by Crippen LogP contribution is -1.92. The van der Waals surface area contributed by atoms with Gasteiger partial charge in [-0.3, -0.25) is 5.10 Å². The Hall–Kier alpha value is -3.06. The van der Waals surface area contributed by atoms with E-state index in [-0.39, 0.29) is 0 Å². The van der Waals surface area contributed by atoms with Crippen LogP contribution in [0.1, 0.15) is 0 Å². The summed E-state index contributed by atoms with van der Waals surface area (Å²) >= 11 is 1.54. The summed E-state index contributed by atoms with van der Waals surface area (Å²) in [6.45, 7) is 0. The lowest BCUT2D eigenvalue weighted by atomic mass is 10.1. The van der Waals surface area contributed by atoms with Crippen molar-refractivity contribution >= 4 is 33.1 Å². The van der Waals surface area contributed by atoms with E-state index in [9.17, 15) is 0 Å². The number of anilines is 2. The summed E-state index contributed by atoms with van der Waals surface area (Å²) in [7, 11) is 3.28. The van der Waals surface area contributed by atoms with Crippen LogP contribution in [0.3, 0.4) is 0 Å². The molecule has 7 heteroatoms. The molecule has 0 saturated carbocycles. The zero-order valence-corrected chi connectivity index (χ0v) is 14.6. The Bertz CT molecular complexity index is 1020. The van der Waals surface area contributed by atoms with Crippen LogP contribution in [0.25, 0.3) is 22.2 Å². The molecule has 126 valence electrons. The normalized spacial score (nSPS) is 10.8. The number of nitrogens with zero attached hydrogens (tertiary/aromatic N) is 2. The summed E-state index contributed by atoms with van der Waals surface area (Å²) in [4.78, 5) is 4.69. The van der Waals surface area contributed by atoms with Crippen LogP contribution in [0.15, 0.2) is 48.0 Å². The van der Waals surface area contributed by atoms with Gasteiger partial charge in [0.25, 0.3) is 0 Å². The molecule has 0 bridgehead atoms. The van der Waals surface area contributed by atoms with E-state index in [1.165, 1.54) is 11.3 Å². The zero-order valence-electron chi connectivity index (χ0n) is 13.7. The quantitative estimate of drug-likeness (QED) is 0.555. The molecule has 25 heavy (non-hydrogen) atoms. The second kappa shape index (κ2) is 6.45. The highest BCUT2D eigenvalue weighted by Crippen LogP contribution is 2.36. The van der Waals surface area contributed by atoms with Crippen LogP contribution >= 0.6 is 11.3 Å². The first-order valence-electron chi connectivity index (χ1n) is 7.65. The second-order valence-corrected chi connectivity index (χ2v) is 6.22. The Kier molecular flexibility index (Phi) is 3.99. The second-order valence-electron chi connectivity index (χ2n) is 5.37. The number of H-pyrrole nitrogens is 1. The minimum Gasteiger partial charge on any atom is -0.497 e. The number of nitrogens with one attached hydrogen (secondary N) is 2. The van der Waals surface area contributed by atoms with Crippen molar-refractivity contribution in [3.63, 3.8) is 0 Å². The van der Waals surface area contributed by atoms with Gasteiger partial charge < -0.3 is 14.8 Å². The molecular weight excluding hydrogens is 336 g/mol. The maximum atomic E-state index is 5.47. The first kappa shape index (κ1) is 15.5. The molecule has 0 fully saturated rings. The van der Waals surface area contributed by atoms with Gasteiger partial charge in [-0.25, -0.2) is 4.98 Å². The van der Waals surface area contributed by atoms with Gasteiger partial charge in [-0.15, -0.1) is 11.3 Å². The molecular formula is C18H16N4O2S. The van der Waals surface area contributed by atoms with Crippen molar-refractivity contribution in [3.05, 3.63) is 48.0 Å². The van der Waals surface area contributed by atoms with Gasteiger partial charge in [0.05, 0.1) is 37.3 Å². The van der Waals surface area contributed by atoms with Gasteiger partial charge in [-0.2, -0.15) is 5.10 Å². The van der Waals surface area contributed by atoms with Crippen molar-refractivity contribution in [2.24, 2.45) is 0 Å². The van der Waals surface area contributed by atoms with Gasteiger partial charge in [0, 0.05) is 22.4 Å². The molecule has 0 aliphatic heterocycles. The van der Waals surface area contributed by atoms with Gasteiger partial charge in [0.15, 0.2) is 5.13 Å². The van der Waals surface area contributed by atoms with E-state index >= 15 is 0 Å². The molecule has 6 nitrogen and oxygen atoms in total. The van der Waals surface area contributed by atoms with E-state index in [2.05, 4.69) is 20.5 Å². The maximum absolute atomic E-state index is 5.47. The van der Waals surface area contributed by atoms with Gasteiger partial charge in [0.2, 0.25) is 0 Å². The van der Waals surface area contributed by atoms with Gasteiger partial charge in [0.1, 0.15) is 11.5 Å². The average Bonchev–Trinajstić information content (AvgIpc) is 3.31. The van der Waals surface area contributed by atoms with E-state index in [4.69, 9.17) is 9.47 Å². The van der Waals surface area contributed by atoms with Crippen molar-refractivity contribution in [3.8, 4) is 22.8 Å². The smallest absolute Gasteiger partial charge is 0.187 e. The van der Waals surface area contributed by atoms with E-state index in [1.807, 2.05) is 41.8 Å². The summed E-state index contributed by atoms with van der Waals surface area (Å²) in [6.07, 6.45) is 1.80. The van der Waals surface area contributed by atoms with Crippen LogP contribution in [0, 0.1) is 0 Å². The van der Waals surface area contributed by atoms with E-state index in [1.54, 1.807) is 20.4 Å². The highest BCUT2D eigenvalue weighted by Gasteiger charge is 2.12. The number of aromatic amines is 1. The summed E-state index contributed by atoms with van der Waals surface area (Å²) in [5, 5.41) is 14.3. The molecule has 2 N–H and O–H groups in total. The molecule has 0 unspecified atom stereocenters. The monoisotopic (exact) mass is 352 g/mol. The molecule has 0 amide bonds. The third-order valence-corrected chi connectivity index (χ3v) is 4.67. The minimum atomic E-state index is 0.730. The maximum Gasteiger partial charge on any atom is 0.187 e.